The molecule has 0 atom stereocenters. The van der Waals surface area contributed by atoms with Gasteiger partial charge in [-0.1, -0.05) is 31.7 Å². The summed E-state index contributed by atoms with van der Waals surface area (Å²) in [5.74, 6) is 0.804. The van der Waals surface area contributed by atoms with Gasteiger partial charge in [-0.15, -0.1) is 0 Å². The molecule has 1 rings (SSSR count). The van der Waals surface area contributed by atoms with Crippen molar-refractivity contribution in [2.75, 3.05) is 14.2 Å². The first-order valence-corrected chi connectivity index (χ1v) is 5.63. The highest BCUT2D eigenvalue weighted by atomic mass is 32.1. The van der Waals surface area contributed by atoms with E-state index in [0.717, 1.165) is 17.7 Å². The number of hydrogen-bond donors (Lipinski definition) is 1. The van der Waals surface area contributed by atoms with Crippen LogP contribution in [0.25, 0.3) is 0 Å². The van der Waals surface area contributed by atoms with E-state index < -0.39 is 0 Å². The average molecular weight is 239 g/mol. The number of amides is 1. The van der Waals surface area contributed by atoms with Crippen LogP contribution in [0.2, 0.25) is 0 Å². The third-order valence-electron chi connectivity index (χ3n) is 2.49. The average Bonchev–Trinajstić information content (AvgIpc) is 2.28. The van der Waals surface area contributed by atoms with Crippen LogP contribution in [-0.4, -0.2) is 24.3 Å². The monoisotopic (exact) mass is 239 g/mol. The zero-order chi connectivity index (χ0) is 12.1. The maximum atomic E-state index is 11.1. The lowest BCUT2D eigenvalue weighted by Crippen LogP contribution is -2.20. The van der Waals surface area contributed by atoms with E-state index in [9.17, 15) is 4.79 Å². The SMILES string of the molecule is CCc1ccc(OC)c(CN(C)C(=O)S)c1. The molecule has 0 fully saturated rings. The topological polar surface area (TPSA) is 29.5 Å². The van der Waals surface area contributed by atoms with Crippen molar-refractivity contribution in [1.82, 2.24) is 4.90 Å². The molecule has 0 unspecified atom stereocenters. The van der Waals surface area contributed by atoms with Crippen LogP contribution in [0.15, 0.2) is 18.2 Å². The molecule has 1 aromatic rings. The fourth-order valence-corrected chi connectivity index (χ4v) is 1.57. The van der Waals surface area contributed by atoms with Crippen LogP contribution in [0, 0.1) is 0 Å². The largest absolute Gasteiger partial charge is 0.496 e. The maximum Gasteiger partial charge on any atom is 0.278 e. The van der Waals surface area contributed by atoms with Crippen LogP contribution in [-0.2, 0) is 13.0 Å². The summed E-state index contributed by atoms with van der Waals surface area (Å²) < 4.78 is 5.26. The van der Waals surface area contributed by atoms with Gasteiger partial charge < -0.3 is 9.64 Å². The van der Waals surface area contributed by atoms with Gasteiger partial charge in [0.2, 0.25) is 0 Å². The number of methoxy groups -OCH3 is 1. The molecule has 0 saturated carbocycles. The van der Waals surface area contributed by atoms with Gasteiger partial charge in [0.25, 0.3) is 5.24 Å². The molecule has 0 aliphatic rings. The molecule has 0 N–H and O–H groups in total. The molecule has 0 aliphatic carbocycles. The lowest BCUT2D eigenvalue weighted by atomic mass is 10.1. The van der Waals surface area contributed by atoms with Crippen molar-refractivity contribution in [3.8, 4) is 5.75 Å². The molecule has 16 heavy (non-hydrogen) atoms. The third-order valence-corrected chi connectivity index (χ3v) is 2.83. The summed E-state index contributed by atoms with van der Waals surface area (Å²) in [6, 6.07) is 6.03. The van der Waals surface area contributed by atoms with Gasteiger partial charge in [-0.2, -0.15) is 0 Å². The summed E-state index contributed by atoms with van der Waals surface area (Å²) in [7, 11) is 3.35. The highest BCUT2D eigenvalue weighted by Gasteiger charge is 2.09. The number of rotatable bonds is 4. The molecule has 0 radical (unpaired) electrons. The molecule has 0 aromatic heterocycles. The normalized spacial score (nSPS) is 10.0. The van der Waals surface area contributed by atoms with E-state index in [1.807, 2.05) is 12.1 Å². The van der Waals surface area contributed by atoms with E-state index in [-0.39, 0.29) is 5.24 Å². The second-order valence-corrected chi connectivity index (χ2v) is 4.02. The van der Waals surface area contributed by atoms with Gasteiger partial charge in [-0.05, 0) is 18.1 Å². The number of carbonyl (C=O) groups excluding carboxylic acids is 1. The standard InChI is InChI=1S/C12H17NO2S/c1-4-9-5-6-11(15-3)10(7-9)8-13(2)12(14)16/h5-7H,4,8H2,1-3H3,(H,14,16). The van der Waals surface area contributed by atoms with Crippen LogP contribution >= 0.6 is 12.6 Å². The first-order chi connectivity index (χ1) is 7.58. The smallest absolute Gasteiger partial charge is 0.278 e. The molecular formula is C12H17NO2S. The number of carbonyl (C=O) groups is 1. The minimum Gasteiger partial charge on any atom is -0.496 e. The minimum absolute atomic E-state index is 0.246. The summed E-state index contributed by atoms with van der Waals surface area (Å²) in [6.45, 7) is 2.61. The number of aryl methyl sites for hydroxylation is 1. The van der Waals surface area contributed by atoms with E-state index in [4.69, 9.17) is 4.74 Å². The number of thiol groups is 1. The number of hydrogen-bond acceptors (Lipinski definition) is 2. The van der Waals surface area contributed by atoms with Crippen LogP contribution < -0.4 is 4.74 Å². The Balaban J connectivity index is 2.95. The highest BCUT2D eigenvalue weighted by molar-refractivity contribution is 7.96. The first-order valence-electron chi connectivity index (χ1n) is 5.18. The van der Waals surface area contributed by atoms with Gasteiger partial charge in [0.1, 0.15) is 5.75 Å². The van der Waals surface area contributed by atoms with Crippen molar-refractivity contribution >= 4 is 17.9 Å². The van der Waals surface area contributed by atoms with Gasteiger partial charge in [0, 0.05) is 19.2 Å². The third kappa shape index (κ3) is 3.17. The first kappa shape index (κ1) is 12.9. The number of benzene rings is 1. The Kier molecular flexibility index (Phi) is 4.68. The molecule has 1 amide bonds. The lowest BCUT2D eigenvalue weighted by molar-refractivity contribution is 0.231. The molecule has 4 heteroatoms. The van der Waals surface area contributed by atoms with Crippen molar-refractivity contribution < 1.29 is 9.53 Å². The predicted molar refractivity (Wildman–Crippen MR) is 68.2 cm³/mol. The molecule has 3 nitrogen and oxygen atoms in total. The van der Waals surface area contributed by atoms with Crippen LogP contribution in [0.5, 0.6) is 5.75 Å². The predicted octanol–water partition coefficient (Wildman–Crippen LogP) is 2.74. The van der Waals surface area contributed by atoms with Gasteiger partial charge in [-0.3, -0.25) is 4.79 Å². The highest BCUT2D eigenvalue weighted by Crippen LogP contribution is 2.21. The summed E-state index contributed by atoms with van der Waals surface area (Å²) in [5.41, 5.74) is 2.24. The Labute approximate surface area is 102 Å². The molecule has 0 saturated heterocycles. The fraction of sp³-hybridized carbons (Fsp3) is 0.417. The molecule has 0 bridgehead atoms. The number of ether oxygens (including phenoxy) is 1. The van der Waals surface area contributed by atoms with Gasteiger partial charge >= 0.3 is 0 Å². The second kappa shape index (κ2) is 5.80. The fourth-order valence-electron chi connectivity index (χ4n) is 1.50. The maximum absolute atomic E-state index is 11.1. The zero-order valence-electron chi connectivity index (χ0n) is 9.86. The quantitative estimate of drug-likeness (QED) is 0.819. The Morgan fingerprint density at radius 1 is 1.50 bits per heavy atom. The van der Waals surface area contributed by atoms with Gasteiger partial charge in [-0.25, -0.2) is 0 Å². The minimum atomic E-state index is -0.246. The van der Waals surface area contributed by atoms with Crippen LogP contribution in [0.3, 0.4) is 0 Å². The summed E-state index contributed by atoms with van der Waals surface area (Å²) in [5, 5.41) is -0.246. The van der Waals surface area contributed by atoms with Crippen molar-refractivity contribution in [1.29, 1.82) is 0 Å². The van der Waals surface area contributed by atoms with Crippen molar-refractivity contribution in [2.24, 2.45) is 0 Å². The Bertz CT molecular complexity index is 379. The Morgan fingerprint density at radius 3 is 2.69 bits per heavy atom. The molecule has 1 aromatic carbocycles. The van der Waals surface area contributed by atoms with Crippen molar-refractivity contribution in [3.05, 3.63) is 29.3 Å². The van der Waals surface area contributed by atoms with E-state index >= 15 is 0 Å². The van der Waals surface area contributed by atoms with Crippen LogP contribution in [0.4, 0.5) is 4.79 Å². The van der Waals surface area contributed by atoms with E-state index in [1.165, 1.54) is 5.56 Å². The second-order valence-electron chi connectivity index (χ2n) is 3.64. The summed E-state index contributed by atoms with van der Waals surface area (Å²) in [6.07, 6.45) is 0.968. The van der Waals surface area contributed by atoms with E-state index in [2.05, 4.69) is 25.6 Å². The molecular weight excluding hydrogens is 222 g/mol. The van der Waals surface area contributed by atoms with Crippen molar-refractivity contribution in [2.45, 2.75) is 19.9 Å². The lowest BCUT2D eigenvalue weighted by Gasteiger charge is -2.17. The van der Waals surface area contributed by atoms with E-state index in [1.54, 1.807) is 19.1 Å². The number of nitrogens with zero attached hydrogens (tertiary/aromatic N) is 1. The molecule has 0 aliphatic heterocycles. The summed E-state index contributed by atoms with van der Waals surface area (Å²) >= 11 is 3.78. The summed E-state index contributed by atoms with van der Waals surface area (Å²) in [4.78, 5) is 12.6. The Hall–Kier alpha value is -1.16. The molecule has 0 heterocycles. The van der Waals surface area contributed by atoms with E-state index in [0.29, 0.717) is 6.54 Å². The van der Waals surface area contributed by atoms with Crippen LogP contribution in [0.1, 0.15) is 18.1 Å². The zero-order valence-corrected chi connectivity index (χ0v) is 10.8. The molecule has 88 valence electrons. The molecule has 0 spiro atoms. The van der Waals surface area contributed by atoms with Gasteiger partial charge in [0.05, 0.1) is 7.11 Å². The Morgan fingerprint density at radius 2 is 2.19 bits per heavy atom. The van der Waals surface area contributed by atoms with Gasteiger partial charge in [0.15, 0.2) is 0 Å². The van der Waals surface area contributed by atoms with Crippen molar-refractivity contribution in [3.63, 3.8) is 0 Å².